The third-order valence-corrected chi connectivity index (χ3v) is 3.87. The number of hydrogen-bond donors (Lipinski definition) is 2. The van der Waals surface area contributed by atoms with Gasteiger partial charge in [-0.3, -0.25) is 4.79 Å². The molecule has 1 saturated heterocycles. The molecule has 3 N–H and O–H groups in total. The molecule has 3 amide bonds. The van der Waals surface area contributed by atoms with Gasteiger partial charge in [0.15, 0.2) is 0 Å². The van der Waals surface area contributed by atoms with E-state index >= 15 is 0 Å². The summed E-state index contributed by atoms with van der Waals surface area (Å²) in [5, 5.41) is 4.40. The van der Waals surface area contributed by atoms with Crippen molar-refractivity contribution in [3.63, 3.8) is 0 Å². The predicted molar refractivity (Wildman–Crippen MR) is 82.0 cm³/mol. The van der Waals surface area contributed by atoms with Crippen molar-refractivity contribution >= 4 is 40.5 Å². The first-order valence-corrected chi connectivity index (χ1v) is 7.12. The SMILES string of the molecule is NC(=Nc1ccc(N2C(=O)CNC2=O)cc1)c1cccs1. The molecular formula is C14H12N4O2S. The summed E-state index contributed by atoms with van der Waals surface area (Å²) < 4.78 is 0. The molecule has 1 fully saturated rings. The van der Waals surface area contributed by atoms with E-state index in [1.165, 1.54) is 11.3 Å². The lowest BCUT2D eigenvalue weighted by molar-refractivity contribution is -0.115. The Kier molecular flexibility index (Phi) is 3.41. The monoisotopic (exact) mass is 300 g/mol. The van der Waals surface area contributed by atoms with Gasteiger partial charge < -0.3 is 11.1 Å². The average Bonchev–Trinajstić information content (AvgIpc) is 3.11. The smallest absolute Gasteiger partial charge is 0.329 e. The lowest BCUT2D eigenvalue weighted by Crippen LogP contribution is -2.30. The fourth-order valence-electron chi connectivity index (χ4n) is 1.98. The van der Waals surface area contributed by atoms with Crippen LogP contribution in [-0.2, 0) is 4.79 Å². The van der Waals surface area contributed by atoms with Gasteiger partial charge in [0.25, 0.3) is 5.91 Å². The number of rotatable bonds is 3. The van der Waals surface area contributed by atoms with Crippen molar-refractivity contribution < 1.29 is 9.59 Å². The van der Waals surface area contributed by atoms with Gasteiger partial charge >= 0.3 is 6.03 Å². The largest absolute Gasteiger partial charge is 0.383 e. The van der Waals surface area contributed by atoms with Crippen LogP contribution in [0.1, 0.15) is 4.88 Å². The van der Waals surface area contributed by atoms with E-state index in [2.05, 4.69) is 10.3 Å². The zero-order valence-electron chi connectivity index (χ0n) is 10.9. The molecule has 0 atom stereocenters. The minimum Gasteiger partial charge on any atom is -0.383 e. The van der Waals surface area contributed by atoms with Crippen molar-refractivity contribution in [1.29, 1.82) is 0 Å². The summed E-state index contributed by atoms with van der Waals surface area (Å²) in [6.07, 6.45) is 0. The topological polar surface area (TPSA) is 87.8 Å². The molecule has 7 heteroatoms. The molecule has 3 rings (SSSR count). The van der Waals surface area contributed by atoms with Crippen LogP contribution >= 0.6 is 11.3 Å². The molecule has 21 heavy (non-hydrogen) atoms. The lowest BCUT2D eigenvalue weighted by Gasteiger charge is -2.12. The van der Waals surface area contributed by atoms with Crippen LogP contribution in [0, 0.1) is 0 Å². The molecule has 0 aliphatic carbocycles. The van der Waals surface area contributed by atoms with E-state index in [4.69, 9.17) is 5.73 Å². The Morgan fingerprint density at radius 2 is 2.00 bits per heavy atom. The highest BCUT2D eigenvalue weighted by atomic mass is 32.1. The summed E-state index contributed by atoms with van der Waals surface area (Å²) in [6, 6.07) is 10.2. The van der Waals surface area contributed by atoms with E-state index in [1.807, 2.05) is 17.5 Å². The van der Waals surface area contributed by atoms with Crippen LogP contribution in [0.5, 0.6) is 0 Å². The summed E-state index contributed by atoms with van der Waals surface area (Å²) in [6.45, 7) is 0.0318. The van der Waals surface area contributed by atoms with Gasteiger partial charge in [-0.2, -0.15) is 0 Å². The van der Waals surface area contributed by atoms with Crippen molar-refractivity contribution in [1.82, 2.24) is 5.32 Å². The highest BCUT2D eigenvalue weighted by molar-refractivity contribution is 7.12. The first-order chi connectivity index (χ1) is 10.1. The maximum absolute atomic E-state index is 11.6. The molecule has 106 valence electrons. The van der Waals surface area contributed by atoms with Crippen LogP contribution in [0.15, 0.2) is 46.8 Å². The van der Waals surface area contributed by atoms with Crippen LogP contribution in [0.4, 0.5) is 16.2 Å². The maximum Gasteiger partial charge on any atom is 0.329 e. The standard InChI is InChI=1S/C14H12N4O2S/c15-13(11-2-1-7-21-11)17-9-3-5-10(6-4-9)18-12(19)8-16-14(18)20/h1-7H,8H2,(H2,15,17)(H,16,20). The predicted octanol–water partition coefficient (Wildman–Crippen LogP) is 1.84. The molecule has 1 aliphatic rings. The Morgan fingerprint density at radius 1 is 1.24 bits per heavy atom. The second-order valence-corrected chi connectivity index (χ2v) is 5.33. The molecule has 1 aromatic heterocycles. The van der Waals surface area contributed by atoms with Crippen molar-refractivity contribution in [3.8, 4) is 0 Å². The number of amidine groups is 1. The van der Waals surface area contributed by atoms with E-state index in [-0.39, 0.29) is 12.5 Å². The summed E-state index contributed by atoms with van der Waals surface area (Å²) in [4.78, 5) is 29.5. The normalized spacial score (nSPS) is 15.4. The van der Waals surface area contributed by atoms with Gasteiger partial charge in [-0.25, -0.2) is 14.7 Å². The minimum absolute atomic E-state index is 0.0318. The van der Waals surface area contributed by atoms with Gasteiger partial charge in [-0.1, -0.05) is 6.07 Å². The maximum atomic E-state index is 11.6. The third kappa shape index (κ3) is 2.63. The minimum atomic E-state index is -0.408. The Bertz CT molecular complexity index is 691. The Balaban J connectivity index is 1.83. The van der Waals surface area contributed by atoms with E-state index in [9.17, 15) is 9.59 Å². The first-order valence-electron chi connectivity index (χ1n) is 6.24. The molecule has 6 nitrogen and oxygen atoms in total. The molecular weight excluding hydrogens is 288 g/mol. The summed E-state index contributed by atoms with van der Waals surface area (Å²) in [7, 11) is 0. The van der Waals surface area contributed by atoms with E-state index in [1.54, 1.807) is 24.3 Å². The van der Waals surface area contributed by atoms with Crippen LogP contribution in [0.3, 0.4) is 0 Å². The molecule has 0 radical (unpaired) electrons. The number of nitrogens with two attached hydrogens (primary N) is 1. The molecule has 0 unspecified atom stereocenters. The number of amides is 3. The van der Waals surface area contributed by atoms with Gasteiger partial charge in [0.05, 0.1) is 22.8 Å². The van der Waals surface area contributed by atoms with Gasteiger partial charge in [-0.15, -0.1) is 11.3 Å². The van der Waals surface area contributed by atoms with E-state index in [0.717, 1.165) is 9.78 Å². The number of benzene rings is 1. The van der Waals surface area contributed by atoms with Crippen LogP contribution in [0.25, 0.3) is 0 Å². The first kappa shape index (κ1) is 13.3. The number of anilines is 1. The number of nitrogens with one attached hydrogen (secondary N) is 1. The highest BCUT2D eigenvalue weighted by Gasteiger charge is 2.29. The quantitative estimate of drug-likeness (QED) is 0.515. The van der Waals surface area contributed by atoms with Crippen molar-refractivity contribution in [2.75, 3.05) is 11.4 Å². The second kappa shape index (κ2) is 5.37. The molecule has 0 bridgehead atoms. The lowest BCUT2D eigenvalue weighted by atomic mass is 10.2. The fraction of sp³-hybridized carbons (Fsp3) is 0.0714. The zero-order valence-corrected chi connectivity index (χ0v) is 11.8. The molecule has 1 aromatic carbocycles. The van der Waals surface area contributed by atoms with Crippen molar-refractivity contribution in [2.45, 2.75) is 0 Å². The van der Waals surface area contributed by atoms with Crippen LogP contribution in [-0.4, -0.2) is 24.3 Å². The Morgan fingerprint density at radius 3 is 2.57 bits per heavy atom. The highest BCUT2D eigenvalue weighted by Crippen LogP contribution is 2.22. The van der Waals surface area contributed by atoms with Crippen LogP contribution < -0.4 is 16.0 Å². The van der Waals surface area contributed by atoms with Gasteiger partial charge in [0, 0.05) is 0 Å². The third-order valence-electron chi connectivity index (χ3n) is 2.97. The summed E-state index contributed by atoms with van der Waals surface area (Å²) in [5.74, 6) is 0.169. The van der Waals surface area contributed by atoms with Crippen LogP contribution in [0.2, 0.25) is 0 Å². The number of hydrogen-bond acceptors (Lipinski definition) is 4. The number of carbonyl (C=O) groups is 2. The second-order valence-electron chi connectivity index (χ2n) is 4.38. The number of nitrogens with zero attached hydrogens (tertiary/aromatic N) is 2. The zero-order chi connectivity index (χ0) is 14.8. The fourth-order valence-corrected chi connectivity index (χ4v) is 2.61. The van der Waals surface area contributed by atoms with Gasteiger partial charge in [0.2, 0.25) is 0 Å². The summed E-state index contributed by atoms with van der Waals surface area (Å²) >= 11 is 1.51. The van der Waals surface area contributed by atoms with Gasteiger partial charge in [0.1, 0.15) is 5.84 Å². The molecule has 2 aromatic rings. The van der Waals surface area contributed by atoms with Crippen molar-refractivity contribution in [3.05, 3.63) is 46.7 Å². The van der Waals surface area contributed by atoms with E-state index < -0.39 is 6.03 Å². The number of urea groups is 1. The number of aliphatic imine (C=N–C) groups is 1. The molecule has 0 spiro atoms. The number of imide groups is 1. The number of thiophene rings is 1. The summed E-state index contributed by atoms with van der Waals surface area (Å²) in [5.41, 5.74) is 7.09. The molecule has 0 saturated carbocycles. The molecule has 2 heterocycles. The molecule has 1 aliphatic heterocycles. The van der Waals surface area contributed by atoms with E-state index in [0.29, 0.717) is 17.2 Å². The van der Waals surface area contributed by atoms with Gasteiger partial charge in [-0.05, 0) is 35.7 Å². The Labute approximate surface area is 124 Å². The number of carbonyl (C=O) groups excluding carboxylic acids is 2. The van der Waals surface area contributed by atoms with Crippen molar-refractivity contribution in [2.24, 2.45) is 10.7 Å². The Hall–Kier alpha value is -2.67. The average molecular weight is 300 g/mol.